The molecule has 1 N–H and O–H groups in total. The molecule has 1 aromatic carbocycles. The van der Waals surface area contributed by atoms with Crippen LogP contribution >= 0.6 is 11.6 Å². The lowest BCUT2D eigenvalue weighted by molar-refractivity contribution is 0.391. The number of aromatic nitrogens is 6. The summed E-state index contributed by atoms with van der Waals surface area (Å²) < 4.78 is 33.9. The molecule has 0 amide bonds. The molecule has 3 heterocycles. The van der Waals surface area contributed by atoms with Gasteiger partial charge in [-0.15, -0.1) is 10.2 Å². The number of anilines is 1. The first-order valence-corrected chi connectivity index (χ1v) is 12.0. The number of pyridine rings is 1. The fourth-order valence-electron chi connectivity index (χ4n) is 3.24. The Morgan fingerprint density at radius 3 is 2.31 bits per heavy atom. The Labute approximate surface area is 209 Å². The maximum absolute atomic E-state index is 12.9. The number of ether oxygens (including phenoxy) is 3. The van der Waals surface area contributed by atoms with Gasteiger partial charge in [0.1, 0.15) is 39.7 Å². The largest absolute Gasteiger partial charge is 0.494 e. The van der Waals surface area contributed by atoms with Gasteiger partial charge in [0.15, 0.2) is 5.82 Å². The molecule has 4 aromatic rings. The third-order valence-corrected chi connectivity index (χ3v) is 6.02. The van der Waals surface area contributed by atoms with Gasteiger partial charge in [0.2, 0.25) is 11.8 Å². The fraction of sp³-hybridized carbons (Fsp3) is 0.227. The zero-order valence-corrected chi connectivity index (χ0v) is 20.7. The second kappa shape index (κ2) is 11.1. The monoisotopic (exact) mass is 515 g/mol. The molecule has 0 spiro atoms. The number of hydrogen-bond donors (Lipinski definition) is 1. The number of hydrogen-bond acceptors (Lipinski definition) is 9. The Hall–Kier alpha value is -3.77. The number of benzene rings is 1. The number of aryl methyl sites for hydroxylation is 1. The van der Waals surface area contributed by atoms with E-state index in [9.17, 15) is 4.21 Å². The summed E-state index contributed by atoms with van der Waals surface area (Å²) in [5.41, 5.74) is 1.00. The van der Waals surface area contributed by atoms with E-state index in [-0.39, 0.29) is 11.7 Å². The highest BCUT2D eigenvalue weighted by molar-refractivity contribution is 7.86. The van der Waals surface area contributed by atoms with Crippen molar-refractivity contribution >= 4 is 28.5 Å². The molecule has 0 fully saturated rings. The molecule has 0 aliphatic heterocycles. The van der Waals surface area contributed by atoms with E-state index in [1.165, 1.54) is 19.5 Å². The predicted molar refractivity (Wildman–Crippen MR) is 132 cm³/mol. The second-order valence-corrected chi connectivity index (χ2v) is 8.72. The lowest BCUT2D eigenvalue weighted by Crippen LogP contribution is -2.16. The Kier molecular flexibility index (Phi) is 7.73. The van der Waals surface area contributed by atoms with Crippen molar-refractivity contribution in [1.29, 1.82) is 0 Å². The van der Waals surface area contributed by atoms with Crippen LogP contribution in [0.1, 0.15) is 5.82 Å². The van der Waals surface area contributed by atoms with Crippen molar-refractivity contribution in [3.8, 4) is 34.6 Å². The Morgan fingerprint density at radius 1 is 0.971 bits per heavy atom. The number of rotatable bonds is 10. The van der Waals surface area contributed by atoms with Crippen LogP contribution in [0.2, 0.25) is 5.02 Å². The van der Waals surface area contributed by atoms with Gasteiger partial charge in [-0.1, -0.05) is 23.7 Å². The van der Waals surface area contributed by atoms with Crippen molar-refractivity contribution in [1.82, 2.24) is 29.7 Å². The Balaban J connectivity index is 1.73. The SMILES string of the molecule is COc1cccc(-c2nnc(NS(=O)CCc3ncc(Cl)cn3)n2-c2c(OC)cccc2OC)n1. The molecule has 3 aromatic heterocycles. The summed E-state index contributed by atoms with van der Waals surface area (Å²) in [6.45, 7) is 0. The lowest BCUT2D eigenvalue weighted by Gasteiger charge is -2.17. The summed E-state index contributed by atoms with van der Waals surface area (Å²) in [5.74, 6) is 2.73. The summed E-state index contributed by atoms with van der Waals surface area (Å²) >= 11 is 5.83. The normalized spacial score (nSPS) is 11.7. The third kappa shape index (κ3) is 5.49. The van der Waals surface area contributed by atoms with Gasteiger partial charge in [-0.2, -0.15) is 0 Å². The average Bonchev–Trinajstić information content (AvgIpc) is 3.30. The highest BCUT2D eigenvalue weighted by Gasteiger charge is 2.24. The smallest absolute Gasteiger partial charge is 0.241 e. The highest BCUT2D eigenvalue weighted by Crippen LogP contribution is 2.37. The van der Waals surface area contributed by atoms with Crippen molar-refractivity contribution in [2.45, 2.75) is 6.42 Å². The zero-order valence-electron chi connectivity index (χ0n) is 19.1. The van der Waals surface area contributed by atoms with Crippen LogP contribution < -0.4 is 18.9 Å². The molecular weight excluding hydrogens is 494 g/mol. The van der Waals surface area contributed by atoms with E-state index in [0.717, 1.165) is 0 Å². The van der Waals surface area contributed by atoms with E-state index in [2.05, 4.69) is 29.9 Å². The molecule has 0 aliphatic rings. The maximum Gasteiger partial charge on any atom is 0.241 e. The van der Waals surface area contributed by atoms with Crippen molar-refractivity contribution in [3.05, 3.63) is 59.6 Å². The van der Waals surface area contributed by atoms with Crippen molar-refractivity contribution < 1.29 is 18.4 Å². The summed E-state index contributed by atoms with van der Waals surface area (Å²) in [6, 6.07) is 10.6. The minimum atomic E-state index is -1.54. The molecular formula is C22H22ClN7O4S. The molecule has 35 heavy (non-hydrogen) atoms. The van der Waals surface area contributed by atoms with E-state index in [1.807, 2.05) is 0 Å². The summed E-state index contributed by atoms with van der Waals surface area (Å²) in [4.78, 5) is 12.7. The fourth-order valence-corrected chi connectivity index (χ4v) is 4.14. The molecule has 13 heteroatoms. The first-order valence-electron chi connectivity index (χ1n) is 10.3. The van der Waals surface area contributed by atoms with E-state index >= 15 is 0 Å². The van der Waals surface area contributed by atoms with Crippen molar-refractivity contribution in [3.63, 3.8) is 0 Å². The lowest BCUT2D eigenvalue weighted by atomic mass is 10.2. The first-order chi connectivity index (χ1) is 17.0. The van der Waals surface area contributed by atoms with Crippen LogP contribution in [0, 0.1) is 0 Å². The molecule has 1 unspecified atom stereocenters. The summed E-state index contributed by atoms with van der Waals surface area (Å²) in [5, 5.41) is 9.00. The van der Waals surface area contributed by atoms with Crippen molar-refractivity contribution in [2.24, 2.45) is 0 Å². The van der Waals surface area contributed by atoms with Crippen LogP contribution in [-0.4, -0.2) is 61.0 Å². The van der Waals surface area contributed by atoms with Crippen LogP contribution in [0.15, 0.2) is 48.8 Å². The molecule has 11 nitrogen and oxygen atoms in total. The predicted octanol–water partition coefficient (Wildman–Crippen LogP) is 3.12. The summed E-state index contributed by atoms with van der Waals surface area (Å²) in [7, 11) is 3.08. The first kappa shape index (κ1) is 24.4. The number of methoxy groups -OCH3 is 3. The van der Waals surface area contributed by atoms with Gasteiger partial charge in [0, 0.05) is 24.9 Å². The number of nitrogens with zero attached hydrogens (tertiary/aromatic N) is 6. The van der Waals surface area contributed by atoms with Crippen LogP contribution in [0.3, 0.4) is 0 Å². The van der Waals surface area contributed by atoms with Gasteiger partial charge in [-0.3, -0.25) is 9.29 Å². The number of halogens is 1. The van der Waals surface area contributed by atoms with Gasteiger partial charge < -0.3 is 14.2 Å². The van der Waals surface area contributed by atoms with Gasteiger partial charge >= 0.3 is 0 Å². The molecule has 0 radical (unpaired) electrons. The maximum atomic E-state index is 12.9. The molecule has 0 bridgehead atoms. The minimum Gasteiger partial charge on any atom is -0.494 e. The summed E-state index contributed by atoms with van der Waals surface area (Å²) in [6.07, 6.45) is 3.36. The minimum absolute atomic E-state index is 0.211. The van der Waals surface area contributed by atoms with Gasteiger partial charge in [-0.05, 0) is 18.2 Å². The van der Waals surface area contributed by atoms with E-state index in [0.29, 0.717) is 51.9 Å². The second-order valence-electron chi connectivity index (χ2n) is 6.98. The standard InChI is InChI=1S/C22H22ClN7O4S/c1-32-16-7-5-8-17(33-2)20(16)30-21(15-6-4-9-19(26-15)34-3)27-28-22(30)29-35(31)11-10-18-24-12-14(23)13-25-18/h4-9,12-13H,10-11H2,1-3H3,(H,28,29). The van der Waals surface area contributed by atoms with E-state index in [1.54, 1.807) is 55.2 Å². The van der Waals surface area contributed by atoms with Crippen molar-refractivity contribution in [2.75, 3.05) is 31.8 Å². The van der Waals surface area contributed by atoms with Gasteiger partial charge in [0.05, 0.1) is 32.1 Å². The average molecular weight is 516 g/mol. The van der Waals surface area contributed by atoms with Gasteiger partial charge in [0.25, 0.3) is 0 Å². The molecule has 0 saturated carbocycles. The zero-order chi connectivity index (χ0) is 24.8. The third-order valence-electron chi connectivity index (χ3n) is 4.84. The van der Waals surface area contributed by atoms with Crippen LogP contribution in [0.25, 0.3) is 17.2 Å². The van der Waals surface area contributed by atoms with E-state index < -0.39 is 11.0 Å². The van der Waals surface area contributed by atoms with Crippen LogP contribution in [0.5, 0.6) is 17.4 Å². The van der Waals surface area contributed by atoms with Gasteiger partial charge in [-0.25, -0.2) is 19.2 Å². The quantitative estimate of drug-likeness (QED) is 0.339. The Bertz CT molecular complexity index is 1310. The molecule has 4 rings (SSSR count). The van der Waals surface area contributed by atoms with Crippen LogP contribution in [-0.2, 0) is 17.4 Å². The molecule has 0 aliphatic carbocycles. The van der Waals surface area contributed by atoms with Crippen LogP contribution in [0.4, 0.5) is 5.95 Å². The number of nitrogens with one attached hydrogen (secondary N) is 1. The van der Waals surface area contributed by atoms with E-state index in [4.69, 9.17) is 25.8 Å². The topological polar surface area (TPSA) is 126 Å². The Morgan fingerprint density at radius 2 is 1.66 bits per heavy atom. The molecule has 1 atom stereocenters. The molecule has 182 valence electrons. The number of para-hydroxylation sites is 1. The molecule has 0 saturated heterocycles. The highest BCUT2D eigenvalue weighted by atomic mass is 35.5.